The van der Waals surface area contributed by atoms with Crippen LogP contribution in [0.2, 0.25) is 0 Å². The predicted octanol–water partition coefficient (Wildman–Crippen LogP) is 1.65. The van der Waals surface area contributed by atoms with Crippen molar-refractivity contribution in [1.82, 2.24) is 4.90 Å². The van der Waals surface area contributed by atoms with Gasteiger partial charge in [-0.15, -0.1) is 0 Å². The van der Waals surface area contributed by atoms with Crippen molar-refractivity contribution in [2.75, 3.05) is 31.6 Å². The lowest BCUT2D eigenvalue weighted by Crippen LogP contribution is -2.38. The number of anilines is 1. The van der Waals surface area contributed by atoms with Gasteiger partial charge in [-0.05, 0) is 31.9 Å². The quantitative estimate of drug-likeness (QED) is 0.898. The second-order valence-electron chi connectivity index (χ2n) is 5.53. The molecule has 1 saturated carbocycles. The number of hydrogen-bond donors (Lipinski definition) is 1. The molecule has 0 unspecified atom stereocenters. The number of hydrogen-bond acceptors (Lipinski definition) is 4. The smallest absolute Gasteiger partial charge is 0.243 e. The molecule has 6 nitrogen and oxygen atoms in total. The molecule has 0 atom stereocenters. The summed E-state index contributed by atoms with van der Waals surface area (Å²) in [5, 5.41) is 2.80. The van der Waals surface area contributed by atoms with Gasteiger partial charge in [-0.25, -0.2) is 0 Å². The van der Waals surface area contributed by atoms with Crippen molar-refractivity contribution in [1.29, 1.82) is 0 Å². The van der Waals surface area contributed by atoms with Gasteiger partial charge < -0.3 is 19.7 Å². The lowest BCUT2D eigenvalue weighted by atomic mass is 10.2. The van der Waals surface area contributed by atoms with Crippen molar-refractivity contribution < 1.29 is 19.1 Å². The highest BCUT2D eigenvalue weighted by Crippen LogP contribution is 2.33. The molecule has 2 aliphatic rings. The van der Waals surface area contributed by atoms with Crippen LogP contribution in [0.1, 0.15) is 19.8 Å². The largest absolute Gasteiger partial charge is 0.486 e. The van der Waals surface area contributed by atoms with Gasteiger partial charge in [0.05, 0.1) is 6.54 Å². The van der Waals surface area contributed by atoms with Crippen LogP contribution < -0.4 is 14.8 Å². The van der Waals surface area contributed by atoms with Gasteiger partial charge in [0.15, 0.2) is 11.5 Å². The van der Waals surface area contributed by atoms with Crippen LogP contribution in [0, 0.1) is 5.92 Å². The number of nitrogens with zero attached hydrogens (tertiary/aromatic N) is 1. The molecule has 1 heterocycles. The Morgan fingerprint density at radius 2 is 1.95 bits per heavy atom. The monoisotopic (exact) mass is 304 g/mol. The fourth-order valence-corrected chi connectivity index (χ4v) is 2.43. The summed E-state index contributed by atoms with van der Waals surface area (Å²) in [6, 6.07) is 5.28. The van der Waals surface area contributed by atoms with Crippen LogP contribution in [0.25, 0.3) is 0 Å². The Morgan fingerprint density at radius 3 is 2.64 bits per heavy atom. The van der Waals surface area contributed by atoms with E-state index in [1.807, 2.05) is 6.92 Å². The van der Waals surface area contributed by atoms with Gasteiger partial charge in [0.25, 0.3) is 0 Å². The fraction of sp³-hybridized carbons (Fsp3) is 0.500. The predicted molar refractivity (Wildman–Crippen MR) is 81.0 cm³/mol. The van der Waals surface area contributed by atoms with Gasteiger partial charge in [0.2, 0.25) is 11.8 Å². The maximum absolute atomic E-state index is 12.1. The molecule has 0 bridgehead atoms. The van der Waals surface area contributed by atoms with Gasteiger partial charge in [-0.3, -0.25) is 9.59 Å². The van der Waals surface area contributed by atoms with E-state index in [9.17, 15) is 9.59 Å². The molecule has 22 heavy (non-hydrogen) atoms. The summed E-state index contributed by atoms with van der Waals surface area (Å²) in [5.41, 5.74) is 0.643. The van der Waals surface area contributed by atoms with Crippen molar-refractivity contribution >= 4 is 17.5 Å². The zero-order valence-electron chi connectivity index (χ0n) is 12.6. The normalized spacial score (nSPS) is 16.0. The van der Waals surface area contributed by atoms with Crippen LogP contribution in [-0.4, -0.2) is 43.0 Å². The van der Waals surface area contributed by atoms with Crippen molar-refractivity contribution in [3.63, 3.8) is 0 Å². The summed E-state index contributed by atoms with van der Waals surface area (Å²) in [4.78, 5) is 25.7. The zero-order valence-corrected chi connectivity index (χ0v) is 12.6. The fourth-order valence-electron chi connectivity index (χ4n) is 2.43. The first-order valence-electron chi connectivity index (χ1n) is 7.65. The highest BCUT2D eigenvalue weighted by atomic mass is 16.6. The van der Waals surface area contributed by atoms with Crippen LogP contribution in [0.15, 0.2) is 18.2 Å². The number of rotatable bonds is 5. The number of likely N-dealkylation sites (N-methyl/N-ethyl adjacent to an activating group) is 1. The minimum absolute atomic E-state index is 0.0832. The van der Waals surface area contributed by atoms with E-state index in [0.29, 0.717) is 36.9 Å². The summed E-state index contributed by atoms with van der Waals surface area (Å²) < 4.78 is 10.9. The SMILES string of the molecule is CCN(CC(=O)Nc1ccc2c(c1)OCCO2)C(=O)C1CC1. The summed E-state index contributed by atoms with van der Waals surface area (Å²) in [5.74, 6) is 1.32. The van der Waals surface area contributed by atoms with Crippen LogP contribution >= 0.6 is 0 Å². The third-order valence-corrected chi connectivity index (χ3v) is 3.78. The van der Waals surface area contributed by atoms with Gasteiger partial charge in [0.1, 0.15) is 13.2 Å². The zero-order chi connectivity index (χ0) is 15.5. The van der Waals surface area contributed by atoms with Gasteiger partial charge in [-0.1, -0.05) is 0 Å². The minimum atomic E-state index is -0.201. The Kier molecular flexibility index (Phi) is 4.18. The molecule has 6 heteroatoms. The molecular formula is C16H20N2O4. The van der Waals surface area contributed by atoms with Gasteiger partial charge in [0, 0.05) is 24.2 Å². The van der Waals surface area contributed by atoms with Crippen LogP contribution in [0.3, 0.4) is 0 Å². The third-order valence-electron chi connectivity index (χ3n) is 3.78. The summed E-state index contributed by atoms with van der Waals surface area (Å²) in [6.45, 7) is 3.55. The van der Waals surface area contributed by atoms with E-state index < -0.39 is 0 Å². The Balaban J connectivity index is 1.60. The average molecular weight is 304 g/mol. The number of ether oxygens (including phenoxy) is 2. The lowest BCUT2D eigenvalue weighted by molar-refractivity contribution is -0.135. The lowest BCUT2D eigenvalue weighted by Gasteiger charge is -2.21. The molecule has 3 rings (SSSR count). The molecule has 118 valence electrons. The highest BCUT2D eigenvalue weighted by molar-refractivity contribution is 5.95. The van der Waals surface area contributed by atoms with Crippen molar-refractivity contribution in [3.05, 3.63) is 18.2 Å². The first-order valence-corrected chi connectivity index (χ1v) is 7.65. The molecule has 1 N–H and O–H groups in total. The van der Waals surface area contributed by atoms with Crippen LogP contribution in [0.5, 0.6) is 11.5 Å². The maximum atomic E-state index is 12.1. The summed E-state index contributed by atoms with van der Waals surface area (Å²) in [7, 11) is 0. The number of nitrogens with one attached hydrogen (secondary N) is 1. The standard InChI is InChI=1S/C16H20N2O4/c1-2-18(16(20)11-3-4-11)10-15(19)17-12-5-6-13-14(9-12)22-8-7-21-13/h5-6,9,11H,2-4,7-8,10H2,1H3,(H,17,19). The molecule has 1 aromatic rings. The first kappa shape index (κ1) is 14.7. The van der Waals surface area contributed by atoms with Crippen LogP contribution in [-0.2, 0) is 9.59 Å². The van der Waals surface area contributed by atoms with Gasteiger partial charge in [-0.2, -0.15) is 0 Å². The number of carbonyl (C=O) groups excluding carboxylic acids is 2. The second-order valence-corrected chi connectivity index (χ2v) is 5.53. The number of fused-ring (bicyclic) bond motifs is 1. The van der Waals surface area contributed by atoms with E-state index in [4.69, 9.17) is 9.47 Å². The average Bonchev–Trinajstić information content (AvgIpc) is 3.36. The Labute approximate surface area is 129 Å². The summed E-state index contributed by atoms with van der Waals surface area (Å²) in [6.07, 6.45) is 1.89. The number of carbonyl (C=O) groups is 2. The molecule has 2 amide bonds. The second kappa shape index (κ2) is 6.25. The Hall–Kier alpha value is -2.24. The topological polar surface area (TPSA) is 67.9 Å². The van der Waals surface area contributed by atoms with E-state index in [2.05, 4.69) is 5.32 Å². The van der Waals surface area contributed by atoms with E-state index >= 15 is 0 Å². The van der Waals surface area contributed by atoms with Crippen molar-refractivity contribution in [2.45, 2.75) is 19.8 Å². The third kappa shape index (κ3) is 3.32. The molecular weight excluding hydrogens is 284 g/mol. The first-order chi connectivity index (χ1) is 10.7. The molecule has 0 radical (unpaired) electrons. The molecule has 0 saturated heterocycles. The molecule has 1 aromatic carbocycles. The van der Waals surface area contributed by atoms with E-state index in [-0.39, 0.29) is 24.3 Å². The molecule has 1 fully saturated rings. The Bertz CT molecular complexity index is 584. The highest BCUT2D eigenvalue weighted by Gasteiger charge is 2.33. The van der Waals surface area contributed by atoms with E-state index in [0.717, 1.165) is 12.8 Å². The number of amides is 2. The van der Waals surface area contributed by atoms with E-state index in [1.54, 1.807) is 23.1 Å². The van der Waals surface area contributed by atoms with Crippen molar-refractivity contribution in [2.24, 2.45) is 5.92 Å². The Morgan fingerprint density at radius 1 is 1.23 bits per heavy atom. The molecule has 0 aromatic heterocycles. The maximum Gasteiger partial charge on any atom is 0.243 e. The molecule has 0 spiro atoms. The van der Waals surface area contributed by atoms with Crippen LogP contribution in [0.4, 0.5) is 5.69 Å². The summed E-state index contributed by atoms with van der Waals surface area (Å²) >= 11 is 0. The van der Waals surface area contributed by atoms with E-state index in [1.165, 1.54) is 0 Å². The molecule has 1 aliphatic carbocycles. The number of benzene rings is 1. The van der Waals surface area contributed by atoms with Crippen molar-refractivity contribution in [3.8, 4) is 11.5 Å². The molecule has 1 aliphatic heterocycles. The van der Waals surface area contributed by atoms with Gasteiger partial charge >= 0.3 is 0 Å². The minimum Gasteiger partial charge on any atom is -0.486 e.